The molecule has 3 aromatic rings. The van der Waals surface area contributed by atoms with E-state index in [1.807, 2.05) is 0 Å². The molecular formula is C19H20FN3. The lowest BCUT2D eigenvalue weighted by Gasteiger charge is -2.24. The Morgan fingerprint density at radius 1 is 1.04 bits per heavy atom. The molecule has 3 heterocycles. The number of pyridine rings is 1. The molecule has 23 heavy (non-hydrogen) atoms. The van der Waals surface area contributed by atoms with Gasteiger partial charge in [0.15, 0.2) is 0 Å². The lowest BCUT2D eigenvalue weighted by atomic mass is 10.0. The molecule has 1 saturated heterocycles. The van der Waals surface area contributed by atoms with Crippen LogP contribution in [0.1, 0.15) is 31.4 Å². The first-order valence-corrected chi connectivity index (χ1v) is 8.19. The van der Waals surface area contributed by atoms with Crippen LogP contribution in [0.3, 0.4) is 0 Å². The van der Waals surface area contributed by atoms with E-state index in [1.165, 1.54) is 43.8 Å². The molecule has 1 atom stereocenters. The molecule has 0 radical (unpaired) electrons. The van der Waals surface area contributed by atoms with Gasteiger partial charge in [-0.05, 0) is 50.6 Å². The summed E-state index contributed by atoms with van der Waals surface area (Å²) >= 11 is 0. The summed E-state index contributed by atoms with van der Waals surface area (Å²) in [5.74, 6) is -0.254. The average Bonchev–Trinajstić information content (AvgIpc) is 3.24. The number of nitrogens with zero attached hydrogens (tertiary/aromatic N) is 3. The Balaban J connectivity index is 1.65. The second-order valence-corrected chi connectivity index (χ2v) is 6.26. The number of hydrogen-bond acceptors (Lipinski definition) is 2. The van der Waals surface area contributed by atoms with Gasteiger partial charge < -0.3 is 0 Å². The van der Waals surface area contributed by atoms with Crippen molar-refractivity contribution in [2.24, 2.45) is 0 Å². The number of hydrogen-bond donors (Lipinski definition) is 0. The predicted octanol–water partition coefficient (Wildman–Crippen LogP) is 4.30. The third kappa shape index (κ3) is 2.63. The van der Waals surface area contributed by atoms with E-state index in [0.29, 0.717) is 6.04 Å². The molecule has 0 N–H and O–H groups in total. The standard InChI is InChI=1S/C19H20FN3/c1-14(22-10-2-3-11-22)15-4-6-16(7-5-15)18-12-21-19-9-8-17(20)13-23(18)19/h4-9,12-14H,2-3,10-11H2,1H3/t14-/m1/s1. The normalized spacial score (nSPS) is 17.0. The van der Waals surface area contributed by atoms with E-state index in [9.17, 15) is 4.39 Å². The van der Waals surface area contributed by atoms with Gasteiger partial charge in [-0.2, -0.15) is 0 Å². The molecule has 0 amide bonds. The van der Waals surface area contributed by atoms with Crippen LogP contribution in [-0.2, 0) is 0 Å². The molecule has 2 aromatic heterocycles. The second-order valence-electron chi connectivity index (χ2n) is 6.26. The van der Waals surface area contributed by atoms with Crippen LogP contribution in [0.5, 0.6) is 0 Å². The van der Waals surface area contributed by atoms with Crippen LogP contribution in [0.4, 0.5) is 4.39 Å². The number of imidazole rings is 1. The zero-order valence-corrected chi connectivity index (χ0v) is 13.2. The van der Waals surface area contributed by atoms with Crippen molar-refractivity contribution >= 4 is 5.65 Å². The van der Waals surface area contributed by atoms with E-state index in [1.54, 1.807) is 16.7 Å². The zero-order valence-electron chi connectivity index (χ0n) is 13.2. The summed E-state index contributed by atoms with van der Waals surface area (Å²) in [7, 11) is 0. The van der Waals surface area contributed by atoms with E-state index in [4.69, 9.17) is 0 Å². The molecule has 4 heteroatoms. The molecule has 1 fully saturated rings. The SMILES string of the molecule is C[C@H](c1ccc(-c2cnc3ccc(F)cn23)cc1)N1CCCC1. The first-order valence-electron chi connectivity index (χ1n) is 8.19. The molecule has 3 nitrogen and oxygen atoms in total. The van der Waals surface area contributed by atoms with E-state index in [2.05, 4.69) is 41.1 Å². The summed E-state index contributed by atoms with van der Waals surface area (Å²) in [5, 5.41) is 0. The topological polar surface area (TPSA) is 20.5 Å². The molecule has 4 rings (SSSR count). The van der Waals surface area contributed by atoms with Crippen molar-refractivity contribution in [1.29, 1.82) is 0 Å². The van der Waals surface area contributed by atoms with Crippen LogP contribution < -0.4 is 0 Å². The highest BCUT2D eigenvalue weighted by Crippen LogP contribution is 2.27. The average molecular weight is 309 g/mol. The summed E-state index contributed by atoms with van der Waals surface area (Å²) in [6.07, 6.45) is 5.89. The van der Waals surface area contributed by atoms with E-state index in [-0.39, 0.29) is 5.82 Å². The van der Waals surface area contributed by atoms with Gasteiger partial charge in [-0.25, -0.2) is 9.37 Å². The van der Waals surface area contributed by atoms with Crippen LogP contribution in [0.2, 0.25) is 0 Å². The van der Waals surface area contributed by atoms with Crippen LogP contribution in [0.15, 0.2) is 48.8 Å². The number of likely N-dealkylation sites (tertiary alicyclic amines) is 1. The quantitative estimate of drug-likeness (QED) is 0.719. The highest BCUT2D eigenvalue weighted by Gasteiger charge is 2.19. The maximum absolute atomic E-state index is 13.5. The molecular weight excluding hydrogens is 289 g/mol. The third-order valence-electron chi connectivity index (χ3n) is 4.85. The fraction of sp³-hybridized carbons (Fsp3) is 0.316. The molecule has 1 aliphatic rings. The van der Waals surface area contributed by atoms with Gasteiger partial charge in [0.25, 0.3) is 0 Å². The summed E-state index contributed by atoms with van der Waals surface area (Å²) in [5.41, 5.74) is 4.06. The Bertz CT molecular complexity index is 816. The molecule has 118 valence electrons. The van der Waals surface area contributed by atoms with Crippen LogP contribution in [0, 0.1) is 5.82 Å². The maximum Gasteiger partial charge on any atom is 0.139 e. The Hall–Kier alpha value is -2.20. The summed E-state index contributed by atoms with van der Waals surface area (Å²) < 4.78 is 15.3. The van der Waals surface area contributed by atoms with Crippen molar-refractivity contribution < 1.29 is 4.39 Å². The molecule has 1 aromatic carbocycles. The monoisotopic (exact) mass is 309 g/mol. The minimum absolute atomic E-state index is 0.254. The van der Waals surface area contributed by atoms with Gasteiger partial charge >= 0.3 is 0 Å². The smallest absolute Gasteiger partial charge is 0.139 e. The fourth-order valence-corrected chi connectivity index (χ4v) is 3.44. The van der Waals surface area contributed by atoms with E-state index < -0.39 is 0 Å². The number of fused-ring (bicyclic) bond motifs is 1. The van der Waals surface area contributed by atoms with Gasteiger partial charge in [0.2, 0.25) is 0 Å². The van der Waals surface area contributed by atoms with Crippen molar-refractivity contribution in [3.63, 3.8) is 0 Å². The number of aromatic nitrogens is 2. The van der Waals surface area contributed by atoms with Crippen LogP contribution in [0.25, 0.3) is 16.9 Å². The van der Waals surface area contributed by atoms with Gasteiger partial charge in [-0.3, -0.25) is 9.30 Å². The summed E-state index contributed by atoms with van der Waals surface area (Å²) in [6, 6.07) is 12.2. The first-order chi connectivity index (χ1) is 11.2. The van der Waals surface area contributed by atoms with Crippen LogP contribution in [-0.4, -0.2) is 27.4 Å². The predicted molar refractivity (Wildman–Crippen MR) is 89.8 cm³/mol. The van der Waals surface area contributed by atoms with Crippen molar-refractivity contribution in [2.75, 3.05) is 13.1 Å². The minimum atomic E-state index is -0.254. The van der Waals surface area contributed by atoms with Crippen molar-refractivity contribution in [3.8, 4) is 11.3 Å². The lowest BCUT2D eigenvalue weighted by Crippen LogP contribution is -2.23. The van der Waals surface area contributed by atoms with Gasteiger partial charge in [0, 0.05) is 17.8 Å². The molecule has 0 spiro atoms. The lowest BCUT2D eigenvalue weighted by molar-refractivity contribution is 0.263. The zero-order chi connectivity index (χ0) is 15.8. The van der Waals surface area contributed by atoms with Gasteiger partial charge in [-0.15, -0.1) is 0 Å². The summed E-state index contributed by atoms with van der Waals surface area (Å²) in [4.78, 5) is 6.87. The van der Waals surface area contributed by atoms with E-state index >= 15 is 0 Å². The first kappa shape index (κ1) is 14.4. The molecule has 0 aliphatic carbocycles. The Labute approximate surface area is 135 Å². The number of benzene rings is 1. The minimum Gasteiger partial charge on any atom is -0.297 e. The van der Waals surface area contributed by atoms with Gasteiger partial charge in [0.05, 0.1) is 11.9 Å². The van der Waals surface area contributed by atoms with E-state index in [0.717, 1.165) is 16.9 Å². The van der Waals surface area contributed by atoms with Crippen molar-refractivity contribution in [1.82, 2.24) is 14.3 Å². The highest BCUT2D eigenvalue weighted by molar-refractivity contribution is 5.64. The van der Waals surface area contributed by atoms with Crippen molar-refractivity contribution in [3.05, 3.63) is 60.2 Å². The Morgan fingerprint density at radius 3 is 2.52 bits per heavy atom. The van der Waals surface area contributed by atoms with Crippen LogP contribution >= 0.6 is 0 Å². The Morgan fingerprint density at radius 2 is 1.78 bits per heavy atom. The van der Waals surface area contributed by atoms with Gasteiger partial charge in [-0.1, -0.05) is 24.3 Å². The second kappa shape index (κ2) is 5.78. The number of halogens is 1. The molecule has 0 bridgehead atoms. The summed E-state index contributed by atoms with van der Waals surface area (Å²) in [6.45, 7) is 4.65. The molecule has 0 saturated carbocycles. The molecule has 0 unspecified atom stereocenters. The Kier molecular flexibility index (Phi) is 3.62. The third-order valence-corrected chi connectivity index (χ3v) is 4.85. The highest BCUT2D eigenvalue weighted by atomic mass is 19.1. The number of rotatable bonds is 3. The maximum atomic E-state index is 13.5. The van der Waals surface area contributed by atoms with Gasteiger partial charge in [0.1, 0.15) is 11.5 Å². The molecule has 1 aliphatic heterocycles. The fourth-order valence-electron chi connectivity index (χ4n) is 3.44. The largest absolute Gasteiger partial charge is 0.297 e. The van der Waals surface area contributed by atoms with Crippen molar-refractivity contribution in [2.45, 2.75) is 25.8 Å².